The van der Waals surface area contributed by atoms with E-state index < -0.39 is 12.1 Å². The summed E-state index contributed by atoms with van der Waals surface area (Å²) in [5.74, 6) is -0.552. The summed E-state index contributed by atoms with van der Waals surface area (Å²) >= 11 is 0. The molecule has 0 aliphatic heterocycles. The summed E-state index contributed by atoms with van der Waals surface area (Å²) in [6.07, 6.45) is -0.819. The Labute approximate surface area is 108 Å². The molecule has 0 saturated carbocycles. The molecule has 1 rings (SSSR count). The second-order valence-electron chi connectivity index (χ2n) is 3.62. The predicted octanol–water partition coefficient (Wildman–Crippen LogP) is 3.03. The molecular weight excluding hydrogens is 259 g/mol. The molecule has 0 heterocycles. The van der Waals surface area contributed by atoms with Crippen molar-refractivity contribution < 1.29 is 22.7 Å². The monoisotopic (exact) mass is 271 g/mol. The molecule has 0 aliphatic rings. The molecule has 2 N–H and O–H groups in total. The number of nitrogens with two attached hydrogens (primary N) is 1. The standard InChI is InChI=1S/C13H12F3NO2/c1-19-12(18)5-3-9-2-4-11(17)10(8-9)6-7-13(14,15)16/h2-8H,17H2,1H3/b5-3+,7-6+. The maximum absolute atomic E-state index is 12.1. The lowest BCUT2D eigenvalue weighted by molar-refractivity contribution is -0.134. The number of carbonyl (C=O) groups excluding carboxylic acids is 1. The summed E-state index contributed by atoms with van der Waals surface area (Å²) in [6.45, 7) is 0. The highest BCUT2D eigenvalue weighted by molar-refractivity contribution is 5.87. The number of hydrogen-bond acceptors (Lipinski definition) is 3. The third-order valence-corrected chi connectivity index (χ3v) is 2.18. The van der Waals surface area contributed by atoms with Crippen LogP contribution in [-0.2, 0) is 9.53 Å². The Kier molecular flexibility index (Phi) is 4.74. The highest BCUT2D eigenvalue weighted by atomic mass is 19.4. The van der Waals surface area contributed by atoms with Crippen molar-refractivity contribution in [3.8, 4) is 0 Å². The molecule has 0 radical (unpaired) electrons. The summed E-state index contributed by atoms with van der Waals surface area (Å²) < 4.78 is 40.6. The molecule has 0 fully saturated rings. The Morgan fingerprint density at radius 2 is 2.00 bits per heavy atom. The SMILES string of the molecule is COC(=O)/C=C/c1ccc(N)c(/C=C/C(F)(F)F)c1. The van der Waals surface area contributed by atoms with Crippen molar-refractivity contribution in [3.05, 3.63) is 41.5 Å². The second-order valence-corrected chi connectivity index (χ2v) is 3.62. The minimum Gasteiger partial charge on any atom is -0.466 e. The van der Waals surface area contributed by atoms with E-state index in [1.54, 1.807) is 6.07 Å². The predicted molar refractivity (Wildman–Crippen MR) is 67.0 cm³/mol. The van der Waals surface area contributed by atoms with E-state index in [4.69, 9.17) is 5.73 Å². The number of ether oxygens (including phenoxy) is 1. The molecule has 0 aliphatic carbocycles. The second kappa shape index (κ2) is 6.08. The summed E-state index contributed by atoms with van der Waals surface area (Å²) in [7, 11) is 1.23. The number of hydrogen-bond donors (Lipinski definition) is 1. The van der Waals surface area contributed by atoms with Gasteiger partial charge in [-0.05, 0) is 35.4 Å². The number of halogens is 3. The molecule has 0 saturated heterocycles. The first-order valence-electron chi connectivity index (χ1n) is 5.23. The van der Waals surface area contributed by atoms with E-state index in [-0.39, 0.29) is 17.3 Å². The Morgan fingerprint density at radius 1 is 1.32 bits per heavy atom. The van der Waals surface area contributed by atoms with Gasteiger partial charge >= 0.3 is 12.1 Å². The van der Waals surface area contributed by atoms with Gasteiger partial charge in [0.1, 0.15) is 0 Å². The van der Waals surface area contributed by atoms with Gasteiger partial charge in [-0.3, -0.25) is 0 Å². The third-order valence-electron chi connectivity index (χ3n) is 2.18. The first kappa shape index (κ1) is 14.8. The number of anilines is 1. The average Bonchev–Trinajstić information content (AvgIpc) is 2.34. The van der Waals surface area contributed by atoms with Crippen molar-refractivity contribution in [1.82, 2.24) is 0 Å². The Hall–Kier alpha value is -2.24. The van der Waals surface area contributed by atoms with E-state index in [2.05, 4.69) is 4.74 Å². The Balaban J connectivity index is 2.98. The van der Waals surface area contributed by atoms with Crippen LogP contribution < -0.4 is 5.73 Å². The van der Waals surface area contributed by atoms with Crippen LogP contribution in [0.15, 0.2) is 30.4 Å². The summed E-state index contributed by atoms with van der Waals surface area (Å²) in [6, 6.07) is 4.49. The number of benzene rings is 1. The first-order chi connectivity index (χ1) is 8.81. The lowest BCUT2D eigenvalue weighted by atomic mass is 10.1. The van der Waals surface area contributed by atoms with Crippen LogP contribution in [-0.4, -0.2) is 19.3 Å². The zero-order valence-electron chi connectivity index (χ0n) is 10.1. The molecule has 0 aromatic heterocycles. The molecule has 1 aromatic rings. The molecule has 0 spiro atoms. The normalized spacial score (nSPS) is 12.2. The van der Waals surface area contributed by atoms with Crippen LogP contribution in [0, 0.1) is 0 Å². The number of alkyl halides is 3. The molecule has 0 atom stereocenters. The number of esters is 1. The lowest BCUT2D eigenvalue weighted by Gasteiger charge is -2.03. The molecule has 0 unspecified atom stereocenters. The van der Waals surface area contributed by atoms with E-state index >= 15 is 0 Å². The minimum atomic E-state index is -4.40. The van der Waals surface area contributed by atoms with Crippen LogP contribution in [0.1, 0.15) is 11.1 Å². The minimum absolute atomic E-state index is 0.104. The maximum Gasteiger partial charge on any atom is 0.409 e. The molecule has 6 heteroatoms. The lowest BCUT2D eigenvalue weighted by Crippen LogP contribution is -2.00. The van der Waals surface area contributed by atoms with E-state index in [1.165, 1.54) is 31.4 Å². The molecular formula is C13H12F3NO2. The maximum atomic E-state index is 12.1. The van der Waals surface area contributed by atoms with E-state index in [0.29, 0.717) is 5.56 Å². The third kappa shape index (κ3) is 5.29. The van der Waals surface area contributed by atoms with Crippen molar-refractivity contribution in [1.29, 1.82) is 0 Å². The van der Waals surface area contributed by atoms with Crippen LogP contribution in [0.5, 0.6) is 0 Å². The largest absolute Gasteiger partial charge is 0.466 e. The van der Waals surface area contributed by atoms with Crippen molar-refractivity contribution in [3.63, 3.8) is 0 Å². The van der Waals surface area contributed by atoms with E-state index in [0.717, 1.165) is 6.08 Å². The average molecular weight is 271 g/mol. The summed E-state index contributed by atoms with van der Waals surface area (Å²) in [5, 5.41) is 0. The molecule has 0 amide bonds. The van der Waals surface area contributed by atoms with Gasteiger partial charge < -0.3 is 10.5 Å². The molecule has 102 valence electrons. The molecule has 19 heavy (non-hydrogen) atoms. The van der Waals surface area contributed by atoms with Crippen LogP contribution >= 0.6 is 0 Å². The quantitative estimate of drug-likeness (QED) is 0.522. The van der Waals surface area contributed by atoms with Gasteiger partial charge in [0, 0.05) is 17.8 Å². The summed E-state index contributed by atoms with van der Waals surface area (Å²) in [4.78, 5) is 10.9. The first-order valence-corrected chi connectivity index (χ1v) is 5.23. The van der Waals surface area contributed by atoms with Gasteiger partial charge in [0.15, 0.2) is 0 Å². The number of methoxy groups -OCH3 is 1. The summed E-state index contributed by atoms with van der Waals surface area (Å²) in [5.41, 5.74) is 6.55. The number of rotatable bonds is 3. The van der Waals surface area contributed by atoms with Gasteiger partial charge in [0.05, 0.1) is 7.11 Å². The van der Waals surface area contributed by atoms with Crippen molar-refractivity contribution in [2.24, 2.45) is 0 Å². The Morgan fingerprint density at radius 3 is 2.58 bits per heavy atom. The topological polar surface area (TPSA) is 52.3 Å². The highest BCUT2D eigenvalue weighted by Gasteiger charge is 2.21. The fourth-order valence-electron chi connectivity index (χ4n) is 1.26. The van der Waals surface area contributed by atoms with Gasteiger partial charge in [-0.25, -0.2) is 4.79 Å². The van der Waals surface area contributed by atoms with Crippen LogP contribution in [0.4, 0.5) is 18.9 Å². The Bertz CT molecular complexity index is 519. The number of carbonyl (C=O) groups is 1. The molecule has 1 aromatic carbocycles. The smallest absolute Gasteiger partial charge is 0.409 e. The fourth-order valence-corrected chi connectivity index (χ4v) is 1.26. The van der Waals surface area contributed by atoms with Gasteiger partial charge in [-0.2, -0.15) is 13.2 Å². The van der Waals surface area contributed by atoms with Gasteiger partial charge in [-0.15, -0.1) is 0 Å². The number of nitrogen functional groups attached to an aromatic ring is 1. The zero-order valence-corrected chi connectivity index (χ0v) is 10.1. The molecule has 3 nitrogen and oxygen atoms in total. The van der Waals surface area contributed by atoms with Crippen molar-refractivity contribution >= 4 is 23.8 Å². The van der Waals surface area contributed by atoms with Gasteiger partial charge in [0.25, 0.3) is 0 Å². The van der Waals surface area contributed by atoms with E-state index in [9.17, 15) is 18.0 Å². The van der Waals surface area contributed by atoms with Gasteiger partial charge in [-0.1, -0.05) is 6.07 Å². The van der Waals surface area contributed by atoms with Crippen molar-refractivity contribution in [2.45, 2.75) is 6.18 Å². The van der Waals surface area contributed by atoms with Crippen LogP contribution in [0.2, 0.25) is 0 Å². The molecule has 0 bridgehead atoms. The highest BCUT2D eigenvalue weighted by Crippen LogP contribution is 2.22. The van der Waals surface area contributed by atoms with E-state index in [1.807, 2.05) is 0 Å². The van der Waals surface area contributed by atoms with Crippen LogP contribution in [0.25, 0.3) is 12.2 Å². The van der Waals surface area contributed by atoms with Crippen LogP contribution in [0.3, 0.4) is 0 Å². The number of allylic oxidation sites excluding steroid dienone is 1. The zero-order chi connectivity index (χ0) is 14.5. The van der Waals surface area contributed by atoms with Gasteiger partial charge in [0.2, 0.25) is 0 Å². The fraction of sp³-hybridized carbons (Fsp3) is 0.154. The van der Waals surface area contributed by atoms with Crippen molar-refractivity contribution in [2.75, 3.05) is 12.8 Å².